The fraction of sp³-hybridized carbons (Fsp3) is 0.300. The second-order valence-electron chi connectivity index (χ2n) is 6.80. The van der Waals surface area contributed by atoms with Crippen molar-refractivity contribution in [1.29, 1.82) is 0 Å². The number of carbonyl (C=O) groups is 2. The van der Waals surface area contributed by atoms with Crippen LogP contribution in [0.4, 0.5) is 5.69 Å². The van der Waals surface area contributed by atoms with Crippen molar-refractivity contribution in [2.24, 2.45) is 11.3 Å². The van der Waals surface area contributed by atoms with Gasteiger partial charge in [0.2, 0.25) is 5.91 Å². The van der Waals surface area contributed by atoms with E-state index in [1.54, 1.807) is 48.8 Å². The van der Waals surface area contributed by atoms with Crippen LogP contribution in [-0.4, -0.2) is 28.9 Å². The molecule has 0 aliphatic heterocycles. The van der Waals surface area contributed by atoms with Crippen molar-refractivity contribution in [3.05, 3.63) is 59.3 Å². The molecule has 1 amide bonds. The summed E-state index contributed by atoms with van der Waals surface area (Å²) >= 11 is 0. The second-order valence-corrected chi connectivity index (χ2v) is 6.80. The Balaban J connectivity index is 1.71. The average Bonchev–Trinajstić information content (AvgIpc) is 3.45. The highest BCUT2D eigenvalue weighted by atomic mass is 16.8. The molecule has 1 aliphatic rings. The van der Waals surface area contributed by atoms with Gasteiger partial charge in [0.15, 0.2) is 0 Å². The zero-order chi connectivity index (χ0) is 21.0. The van der Waals surface area contributed by atoms with Crippen LogP contribution >= 0.6 is 0 Å². The van der Waals surface area contributed by atoms with E-state index in [1.165, 1.54) is 12.1 Å². The fourth-order valence-electron chi connectivity index (χ4n) is 3.34. The molecule has 9 nitrogen and oxygen atoms in total. The largest absolute Gasteiger partial charge is 0.733 e. The van der Waals surface area contributed by atoms with E-state index in [1.807, 2.05) is 0 Å². The minimum absolute atomic E-state index is 0.0393. The number of amides is 1. The third-order valence-electron chi connectivity index (χ3n) is 4.90. The molecule has 154 valence electrons. The van der Waals surface area contributed by atoms with Crippen molar-refractivity contribution in [3.63, 3.8) is 0 Å². The Bertz CT molecular complexity index is 885. The van der Waals surface area contributed by atoms with E-state index < -0.39 is 23.2 Å². The number of ether oxygens (including phenoxy) is 2. The van der Waals surface area contributed by atoms with Crippen molar-refractivity contribution >= 4 is 17.6 Å². The van der Waals surface area contributed by atoms with Gasteiger partial charge in [0.1, 0.15) is 11.5 Å². The number of nitrogens with zero attached hydrogens (tertiary/aromatic N) is 1. The molecule has 0 spiro atoms. The molecule has 0 heterocycles. The minimum Gasteiger partial charge on any atom is -0.733 e. The summed E-state index contributed by atoms with van der Waals surface area (Å²) in [5, 5.41) is 28.6. The maximum atomic E-state index is 12.4. The number of hydroxylamine groups is 1. The molecule has 2 aromatic rings. The molecule has 29 heavy (non-hydrogen) atoms. The average molecular weight is 401 g/mol. The quantitative estimate of drug-likeness (QED) is 0.350. The molecule has 0 unspecified atom stereocenters. The maximum Gasteiger partial charge on any atom is 0.313 e. The smallest absolute Gasteiger partial charge is 0.313 e. The Kier molecular flexibility index (Phi) is 6.02. The molecular formula is C20H21N2O7-. The van der Waals surface area contributed by atoms with Crippen molar-refractivity contribution < 1.29 is 29.5 Å². The topological polar surface area (TPSA) is 131 Å². The van der Waals surface area contributed by atoms with Gasteiger partial charge in [-0.25, -0.2) is 5.48 Å². The first-order chi connectivity index (χ1) is 13.9. The number of hydrogen-bond donors (Lipinski definition) is 3. The molecule has 1 saturated carbocycles. The van der Waals surface area contributed by atoms with Crippen LogP contribution in [0.15, 0.2) is 48.5 Å². The lowest BCUT2D eigenvalue weighted by Crippen LogP contribution is -2.30. The molecule has 3 rings (SSSR count). The van der Waals surface area contributed by atoms with Gasteiger partial charge in [-0.15, -0.1) is 0 Å². The Hall–Kier alpha value is -3.14. The van der Waals surface area contributed by atoms with Gasteiger partial charge in [-0.3, -0.25) is 20.0 Å². The first-order valence-electron chi connectivity index (χ1n) is 9.04. The predicted octanol–water partition coefficient (Wildman–Crippen LogP) is 2.79. The SMILES string of the molecule is CCOC(=O)[C@@]1(Cc2ccc(Oc3cccc(N([O-])O)c3)cc2)C[C@@H]1C(=O)NO. The molecule has 0 radical (unpaired) electrons. The van der Waals surface area contributed by atoms with Gasteiger partial charge in [-0.1, -0.05) is 18.2 Å². The first-order valence-corrected chi connectivity index (χ1v) is 9.04. The Morgan fingerprint density at radius 2 is 1.97 bits per heavy atom. The number of nitrogens with one attached hydrogen (secondary N) is 1. The van der Waals surface area contributed by atoms with Gasteiger partial charge < -0.3 is 19.9 Å². The normalized spacial score (nSPS) is 19.9. The third-order valence-corrected chi connectivity index (χ3v) is 4.90. The van der Waals surface area contributed by atoms with Crippen molar-refractivity contribution in [2.75, 3.05) is 11.8 Å². The van der Waals surface area contributed by atoms with Crippen LogP contribution in [0.5, 0.6) is 11.5 Å². The van der Waals surface area contributed by atoms with Gasteiger partial charge in [0.05, 0.1) is 23.6 Å². The van der Waals surface area contributed by atoms with E-state index in [0.717, 1.165) is 5.56 Å². The lowest BCUT2D eigenvalue weighted by atomic mass is 9.93. The lowest BCUT2D eigenvalue weighted by molar-refractivity contribution is -0.152. The molecule has 0 bridgehead atoms. The summed E-state index contributed by atoms with van der Waals surface area (Å²) in [6.45, 7) is 1.90. The summed E-state index contributed by atoms with van der Waals surface area (Å²) < 4.78 is 10.8. The standard InChI is InChI=1S/C20H21N2O7/c1-2-28-19(24)20(12-17(20)18(23)21-25)11-13-6-8-15(9-7-13)29-16-5-3-4-14(10-16)22(26)27/h3-10,17,25-26H,2,11-12H2,1H3,(H,21,23)/q-1/t17-,20+/m1/s1. The number of rotatable bonds is 8. The van der Waals surface area contributed by atoms with Crippen LogP contribution in [0.3, 0.4) is 0 Å². The van der Waals surface area contributed by atoms with Crippen LogP contribution < -0.4 is 15.4 Å². The van der Waals surface area contributed by atoms with Gasteiger partial charge in [0.25, 0.3) is 0 Å². The molecule has 3 N–H and O–H groups in total. The first kappa shape index (κ1) is 20.6. The molecule has 0 aromatic heterocycles. The number of benzene rings is 2. The number of esters is 1. The zero-order valence-electron chi connectivity index (χ0n) is 15.7. The Labute approximate surface area is 167 Å². The lowest BCUT2D eigenvalue weighted by Gasteiger charge is -2.21. The predicted molar refractivity (Wildman–Crippen MR) is 101 cm³/mol. The monoisotopic (exact) mass is 401 g/mol. The highest BCUT2D eigenvalue weighted by Crippen LogP contribution is 2.56. The highest BCUT2D eigenvalue weighted by Gasteiger charge is 2.64. The molecule has 9 heteroatoms. The van der Waals surface area contributed by atoms with Crippen LogP contribution in [0.25, 0.3) is 0 Å². The summed E-state index contributed by atoms with van der Waals surface area (Å²) in [5.41, 5.74) is 1.45. The third kappa shape index (κ3) is 4.48. The van der Waals surface area contributed by atoms with Gasteiger partial charge in [0, 0.05) is 6.07 Å². The Morgan fingerprint density at radius 1 is 1.24 bits per heavy atom. The van der Waals surface area contributed by atoms with E-state index in [-0.39, 0.29) is 23.9 Å². The van der Waals surface area contributed by atoms with Crippen molar-refractivity contribution in [2.45, 2.75) is 19.8 Å². The van der Waals surface area contributed by atoms with Crippen LogP contribution in [0.2, 0.25) is 0 Å². The van der Waals surface area contributed by atoms with E-state index in [4.69, 9.17) is 19.9 Å². The second kappa shape index (κ2) is 8.48. The summed E-state index contributed by atoms with van der Waals surface area (Å²) in [4.78, 5) is 24.2. The summed E-state index contributed by atoms with van der Waals surface area (Å²) in [7, 11) is 0. The molecule has 0 saturated heterocycles. The molecule has 2 atom stereocenters. The zero-order valence-corrected chi connectivity index (χ0v) is 15.7. The number of hydrogen-bond acceptors (Lipinski definition) is 8. The highest BCUT2D eigenvalue weighted by molar-refractivity contribution is 5.93. The van der Waals surface area contributed by atoms with Gasteiger partial charge >= 0.3 is 5.97 Å². The van der Waals surface area contributed by atoms with E-state index in [9.17, 15) is 14.8 Å². The summed E-state index contributed by atoms with van der Waals surface area (Å²) in [5.74, 6) is -0.841. The van der Waals surface area contributed by atoms with Gasteiger partial charge in [-0.2, -0.15) is 0 Å². The summed E-state index contributed by atoms with van der Waals surface area (Å²) in [6, 6.07) is 12.9. The molecular weight excluding hydrogens is 380 g/mol. The number of anilines is 1. The Morgan fingerprint density at radius 3 is 2.59 bits per heavy atom. The molecule has 2 aromatic carbocycles. The van der Waals surface area contributed by atoms with Crippen LogP contribution in [0, 0.1) is 16.5 Å². The fourth-order valence-corrected chi connectivity index (χ4v) is 3.34. The van der Waals surface area contributed by atoms with Crippen molar-refractivity contribution in [3.8, 4) is 11.5 Å². The van der Waals surface area contributed by atoms with Crippen molar-refractivity contribution in [1.82, 2.24) is 5.48 Å². The van der Waals surface area contributed by atoms with Gasteiger partial charge in [-0.05, 0) is 49.6 Å². The van der Waals surface area contributed by atoms with E-state index in [2.05, 4.69) is 0 Å². The molecule has 1 fully saturated rings. The van der Waals surface area contributed by atoms with E-state index >= 15 is 0 Å². The maximum absolute atomic E-state index is 12.4. The van der Waals surface area contributed by atoms with Crippen LogP contribution in [0.1, 0.15) is 18.9 Å². The summed E-state index contributed by atoms with van der Waals surface area (Å²) in [6.07, 6.45) is 0.589. The number of carbonyl (C=O) groups excluding carboxylic acids is 2. The molecule has 1 aliphatic carbocycles. The minimum atomic E-state index is -0.988. The van der Waals surface area contributed by atoms with Crippen LogP contribution in [-0.2, 0) is 20.7 Å². The van der Waals surface area contributed by atoms with E-state index in [0.29, 0.717) is 17.9 Å².